The number of aryl methyl sites for hydroxylation is 2. The normalized spacial score (nSPS) is 22.7. The zero-order valence-corrected chi connectivity index (χ0v) is 20.5. The minimum Gasteiger partial charge on any atom is -0.493 e. The molecular weight excluding hydrogens is 418 g/mol. The van der Waals surface area contributed by atoms with Gasteiger partial charge in [-0.2, -0.15) is 0 Å². The van der Waals surface area contributed by atoms with Gasteiger partial charge in [-0.3, -0.25) is 14.5 Å². The summed E-state index contributed by atoms with van der Waals surface area (Å²) in [5.41, 5.74) is 3.36. The molecule has 2 amide bonds. The molecule has 0 unspecified atom stereocenters. The highest BCUT2D eigenvalue weighted by molar-refractivity contribution is 5.77. The Bertz CT molecular complexity index is 863. The first-order chi connectivity index (χ1) is 15.9. The molecule has 2 aliphatic heterocycles. The zero-order valence-electron chi connectivity index (χ0n) is 20.5. The van der Waals surface area contributed by atoms with Gasteiger partial charge >= 0.3 is 0 Å². The lowest BCUT2D eigenvalue weighted by atomic mass is 10.0. The Balaban J connectivity index is 1.78. The minimum absolute atomic E-state index is 0.0546. The minimum atomic E-state index is 0.0546. The Kier molecular flexibility index (Phi) is 9.18. The zero-order chi connectivity index (χ0) is 23.8. The largest absolute Gasteiger partial charge is 0.493 e. The number of benzene rings is 1. The highest BCUT2D eigenvalue weighted by atomic mass is 16.5. The van der Waals surface area contributed by atoms with Gasteiger partial charge < -0.3 is 20.1 Å². The summed E-state index contributed by atoms with van der Waals surface area (Å²) in [5, 5.41) is 6.24. The van der Waals surface area contributed by atoms with Crippen LogP contribution in [0.4, 0.5) is 0 Å². The number of nitrogens with one attached hydrogen (secondary N) is 2. The van der Waals surface area contributed by atoms with Gasteiger partial charge in [0.2, 0.25) is 11.8 Å². The highest BCUT2D eigenvalue weighted by Crippen LogP contribution is 2.34. The molecule has 1 aromatic rings. The van der Waals surface area contributed by atoms with E-state index in [2.05, 4.69) is 41.5 Å². The molecule has 2 aliphatic rings. The van der Waals surface area contributed by atoms with Gasteiger partial charge in [0.05, 0.1) is 14.2 Å². The van der Waals surface area contributed by atoms with Crippen molar-refractivity contribution in [2.75, 3.05) is 33.9 Å². The monoisotopic (exact) mass is 457 g/mol. The van der Waals surface area contributed by atoms with Crippen LogP contribution in [0.1, 0.15) is 57.1 Å². The van der Waals surface area contributed by atoms with Crippen molar-refractivity contribution in [3.05, 3.63) is 34.9 Å². The molecule has 1 saturated heterocycles. The third-order valence-electron chi connectivity index (χ3n) is 6.64. The number of amides is 2. The lowest BCUT2D eigenvalue weighted by molar-refractivity contribution is -0.123. The Hall–Kier alpha value is -2.54. The SMILES string of the molecule is COc1cc2cc(c1OC)CCCNC(=O)C[C@@H]1CC[C@H](CNC(=O)CC2)N1CC=C(C)C. The van der Waals surface area contributed by atoms with E-state index < -0.39 is 0 Å². The van der Waals surface area contributed by atoms with E-state index in [0.717, 1.165) is 49.1 Å². The third kappa shape index (κ3) is 6.97. The predicted octanol–water partition coefficient (Wildman–Crippen LogP) is 3.00. The average Bonchev–Trinajstić information content (AvgIpc) is 3.17. The van der Waals surface area contributed by atoms with Crippen LogP contribution in [-0.2, 0) is 22.4 Å². The summed E-state index contributed by atoms with van der Waals surface area (Å²) in [6.07, 6.45) is 7.32. The molecular formula is C26H39N3O4. The number of nitrogens with zero attached hydrogens (tertiary/aromatic N) is 1. The highest BCUT2D eigenvalue weighted by Gasteiger charge is 2.34. The van der Waals surface area contributed by atoms with Crippen molar-refractivity contribution in [1.82, 2.24) is 15.5 Å². The fourth-order valence-electron chi connectivity index (χ4n) is 4.85. The van der Waals surface area contributed by atoms with Crippen LogP contribution in [0.15, 0.2) is 23.8 Å². The second-order valence-electron chi connectivity index (χ2n) is 9.32. The summed E-state index contributed by atoms with van der Waals surface area (Å²) >= 11 is 0. The maximum absolute atomic E-state index is 12.7. The first-order valence-corrected chi connectivity index (χ1v) is 12.1. The molecule has 1 fully saturated rings. The molecule has 0 radical (unpaired) electrons. The molecule has 7 nitrogen and oxygen atoms in total. The van der Waals surface area contributed by atoms with Gasteiger partial charge in [-0.25, -0.2) is 0 Å². The maximum Gasteiger partial charge on any atom is 0.221 e. The number of hydrogen-bond donors (Lipinski definition) is 2. The van der Waals surface area contributed by atoms with Crippen molar-refractivity contribution < 1.29 is 19.1 Å². The summed E-state index contributed by atoms with van der Waals surface area (Å²) in [5.74, 6) is 1.55. The lowest BCUT2D eigenvalue weighted by Gasteiger charge is -2.29. The molecule has 2 atom stereocenters. The molecule has 4 bridgehead atoms. The van der Waals surface area contributed by atoms with Crippen LogP contribution < -0.4 is 20.1 Å². The number of allylic oxidation sites excluding steroid dienone is 1. The van der Waals surface area contributed by atoms with E-state index in [-0.39, 0.29) is 23.9 Å². The fraction of sp³-hybridized carbons (Fsp3) is 0.615. The molecule has 2 heterocycles. The number of carbonyl (C=O) groups is 2. The standard InChI is InChI=1S/C26H39N3O4/c1-18(2)11-13-29-21-8-9-22(29)17-28-24(30)10-7-19-14-20(6-5-12-27-25(31)16-21)26(33-4)23(15-19)32-3/h11,14-15,21-22H,5-10,12-13,16-17H2,1-4H3,(H,27,31)(H,28,30)/t21-,22+/m0/s1. The summed E-state index contributed by atoms with van der Waals surface area (Å²) in [6.45, 7) is 6.24. The second kappa shape index (κ2) is 12.1. The number of hydrogen-bond acceptors (Lipinski definition) is 5. The van der Waals surface area contributed by atoms with Gasteiger partial charge in [-0.1, -0.05) is 17.7 Å². The van der Waals surface area contributed by atoms with Crippen LogP contribution in [0.25, 0.3) is 0 Å². The Morgan fingerprint density at radius 3 is 2.55 bits per heavy atom. The van der Waals surface area contributed by atoms with Crippen molar-refractivity contribution >= 4 is 11.8 Å². The van der Waals surface area contributed by atoms with Gasteiger partial charge in [-0.15, -0.1) is 0 Å². The lowest BCUT2D eigenvalue weighted by Crippen LogP contribution is -2.44. The molecule has 2 N–H and O–H groups in total. The summed E-state index contributed by atoms with van der Waals surface area (Å²) in [7, 11) is 3.27. The van der Waals surface area contributed by atoms with Crippen LogP contribution in [0, 0.1) is 0 Å². The molecule has 1 aromatic carbocycles. The van der Waals surface area contributed by atoms with Crippen molar-refractivity contribution in [1.29, 1.82) is 0 Å². The molecule has 0 aromatic heterocycles. The number of carbonyl (C=O) groups excluding carboxylic acids is 2. The second-order valence-corrected chi connectivity index (χ2v) is 9.32. The summed E-state index contributed by atoms with van der Waals surface area (Å²) in [6, 6.07) is 4.51. The third-order valence-corrected chi connectivity index (χ3v) is 6.64. The summed E-state index contributed by atoms with van der Waals surface area (Å²) in [4.78, 5) is 27.7. The van der Waals surface area contributed by atoms with Gasteiger partial charge in [0.1, 0.15) is 0 Å². The molecule has 0 saturated carbocycles. The number of fused-ring (bicyclic) bond motifs is 4. The maximum atomic E-state index is 12.7. The Morgan fingerprint density at radius 2 is 1.82 bits per heavy atom. The molecule has 7 heteroatoms. The first-order valence-electron chi connectivity index (χ1n) is 12.1. The molecule has 0 spiro atoms. The van der Waals surface area contributed by atoms with Gasteiger partial charge in [0.15, 0.2) is 11.5 Å². The van der Waals surface area contributed by atoms with Crippen molar-refractivity contribution in [3.63, 3.8) is 0 Å². The van der Waals surface area contributed by atoms with Crippen molar-refractivity contribution in [2.45, 2.75) is 70.9 Å². The van der Waals surface area contributed by atoms with Crippen LogP contribution in [0.5, 0.6) is 11.5 Å². The topological polar surface area (TPSA) is 79.9 Å². The van der Waals surface area contributed by atoms with Gasteiger partial charge in [0.25, 0.3) is 0 Å². The number of ether oxygens (including phenoxy) is 2. The van der Waals surface area contributed by atoms with Crippen molar-refractivity contribution in [3.8, 4) is 11.5 Å². The van der Waals surface area contributed by atoms with E-state index in [9.17, 15) is 9.59 Å². The molecule has 0 aliphatic carbocycles. The number of methoxy groups -OCH3 is 2. The van der Waals surface area contributed by atoms with E-state index in [0.29, 0.717) is 38.1 Å². The van der Waals surface area contributed by atoms with Gasteiger partial charge in [0, 0.05) is 44.6 Å². The van der Waals surface area contributed by atoms with E-state index in [4.69, 9.17) is 9.47 Å². The fourth-order valence-corrected chi connectivity index (χ4v) is 4.85. The quantitative estimate of drug-likeness (QED) is 0.680. The smallest absolute Gasteiger partial charge is 0.221 e. The summed E-state index contributed by atoms with van der Waals surface area (Å²) < 4.78 is 11.1. The van der Waals surface area contributed by atoms with Crippen LogP contribution in [-0.4, -0.2) is 62.7 Å². The van der Waals surface area contributed by atoms with Crippen LogP contribution in [0.3, 0.4) is 0 Å². The molecule has 33 heavy (non-hydrogen) atoms. The van der Waals surface area contributed by atoms with E-state index in [1.54, 1.807) is 14.2 Å². The average molecular weight is 458 g/mol. The Morgan fingerprint density at radius 1 is 1.03 bits per heavy atom. The predicted molar refractivity (Wildman–Crippen MR) is 130 cm³/mol. The van der Waals surface area contributed by atoms with E-state index in [1.165, 1.54) is 5.57 Å². The van der Waals surface area contributed by atoms with Crippen LogP contribution in [0.2, 0.25) is 0 Å². The van der Waals surface area contributed by atoms with E-state index in [1.807, 2.05) is 6.07 Å². The van der Waals surface area contributed by atoms with Crippen molar-refractivity contribution in [2.24, 2.45) is 0 Å². The number of rotatable bonds is 4. The first kappa shape index (κ1) is 25.1. The van der Waals surface area contributed by atoms with Crippen LogP contribution >= 0.6 is 0 Å². The van der Waals surface area contributed by atoms with E-state index >= 15 is 0 Å². The Labute approximate surface area is 197 Å². The molecule has 182 valence electrons. The molecule has 3 rings (SSSR count). The van der Waals surface area contributed by atoms with Gasteiger partial charge in [-0.05, 0) is 63.1 Å².